The molecule has 1 aromatic rings. The molecule has 1 N–H and O–H groups in total. The molecule has 1 fully saturated rings. The number of hydrogen-bond acceptors (Lipinski definition) is 4. The van der Waals surface area contributed by atoms with Crippen LogP contribution in [-0.2, 0) is 14.8 Å². The molecule has 0 aromatic heterocycles. The SMILES string of the molecule is CCCC(=O)NCCS(=O)(=O)N1CCN(c2ccccc2Cl)CC1. The van der Waals surface area contributed by atoms with Crippen LogP contribution in [-0.4, -0.2) is 57.1 Å². The van der Waals surface area contributed by atoms with E-state index in [4.69, 9.17) is 11.6 Å². The van der Waals surface area contributed by atoms with Crippen molar-refractivity contribution in [2.24, 2.45) is 0 Å². The third-order valence-electron chi connectivity index (χ3n) is 3.98. The average Bonchev–Trinajstić information content (AvgIpc) is 2.55. The van der Waals surface area contributed by atoms with Crippen molar-refractivity contribution in [3.63, 3.8) is 0 Å². The molecule has 0 unspecified atom stereocenters. The molecule has 1 amide bonds. The highest BCUT2D eigenvalue weighted by Crippen LogP contribution is 2.26. The first-order chi connectivity index (χ1) is 11.4. The number of amides is 1. The van der Waals surface area contributed by atoms with Gasteiger partial charge in [0.1, 0.15) is 0 Å². The van der Waals surface area contributed by atoms with Gasteiger partial charge in [0, 0.05) is 39.1 Å². The van der Waals surface area contributed by atoms with Gasteiger partial charge in [-0.3, -0.25) is 4.79 Å². The fourth-order valence-corrected chi connectivity index (χ4v) is 4.27. The molecule has 6 nitrogen and oxygen atoms in total. The monoisotopic (exact) mass is 373 g/mol. The maximum Gasteiger partial charge on any atom is 0.220 e. The average molecular weight is 374 g/mol. The lowest BCUT2D eigenvalue weighted by atomic mass is 10.2. The minimum atomic E-state index is -3.35. The third-order valence-corrected chi connectivity index (χ3v) is 6.18. The summed E-state index contributed by atoms with van der Waals surface area (Å²) >= 11 is 6.19. The van der Waals surface area contributed by atoms with E-state index in [1.807, 2.05) is 31.2 Å². The Morgan fingerprint density at radius 1 is 1.21 bits per heavy atom. The van der Waals surface area contributed by atoms with E-state index in [-0.39, 0.29) is 18.2 Å². The largest absolute Gasteiger partial charge is 0.368 e. The zero-order valence-electron chi connectivity index (χ0n) is 13.9. The van der Waals surface area contributed by atoms with E-state index in [2.05, 4.69) is 10.2 Å². The summed E-state index contributed by atoms with van der Waals surface area (Å²) in [4.78, 5) is 13.5. The predicted molar refractivity (Wildman–Crippen MR) is 96.9 cm³/mol. The summed E-state index contributed by atoms with van der Waals surface area (Å²) in [6, 6.07) is 7.57. The molecular weight excluding hydrogens is 350 g/mol. The standard InChI is InChI=1S/C16H24ClN3O3S/c1-2-5-16(21)18-8-13-24(22,23)20-11-9-19(10-12-20)15-7-4-3-6-14(15)17/h3-4,6-7H,2,5,8-13H2,1H3,(H,18,21). The van der Waals surface area contributed by atoms with E-state index >= 15 is 0 Å². The van der Waals surface area contributed by atoms with E-state index in [1.54, 1.807) is 0 Å². The number of nitrogens with zero attached hydrogens (tertiary/aromatic N) is 2. The molecule has 0 spiro atoms. The molecule has 0 radical (unpaired) electrons. The number of benzene rings is 1. The topological polar surface area (TPSA) is 69.7 Å². The Morgan fingerprint density at radius 2 is 1.88 bits per heavy atom. The predicted octanol–water partition coefficient (Wildman–Crippen LogP) is 1.71. The van der Waals surface area contributed by atoms with Gasteiger partial charge in [0.25, 0.3) is 0 Å². The van der Waals surface area contributed by atoms with Crippen molar-refractivity contribution in [1.29, 1.82) is 0 Å². The Labute approximate surface area is 148 Å². The highest BCUT2D eigenvalue weighted by molar-refractivity contribution is 7.89. The number of carbonyl (C=O) groups is 1. The van der Waals surface area contributed by atoms with Gasteiger partial charge in [-0.2, -0.15) is 4.31 Å². The summed E-state index contributed by atoms with van der Waals surface area (Å²) in [5.41, 5.74) is 0.933. The fraction of sp³-hybridized carbons (Fsp3) is 0.562. The van der Waals surface area contributed by atoms with Crippen LogP contribution in [0.25, 0.3) is 0 Å². The Balaban J connectivity index is 1.84. The molecule has 2 rings (SSSR count). The molecule has 8 heteroatoms. The van der Waals surface area contributed by atoms with Crippen molar-refractivity contribution in [3.8, 4) is 0 Å². The number of halogens is 1. The molecule has 24 heavy (non-hydrogen) atoms. The van der Waals surface area contributed by atoms with Crippen LogP contribution in [0, 0.1) is 0 Å². The second-order valence-corrected chi connectivity index (χ2v) is 8.25. The van der Waals surface area contributed by atoms with E-state index in [9.17, 15) is 13.2 Å². The molecule has 1 aromatic carbocycles. The van der Waals surface area contributed by atoms with Gasteiger partial charge in [0.2, 0.25) is 15.9 Å². The van der Waals surface area contributed by atoms with Crippen molar-refractivity contribution in [1.82, 2.24) is 9.62 Å². The highest BCUT2D eigenvalue weighted by atomic mass is 35.5. The molecular formula is C16H24ClN3O3S. The third kappa shape index (κ3) is 5.09. The van der Waals surface area contributed by atoms with E-state index in [0.717, 1.165) is 12.1 Å². The molecule has 1 aliphatic rings. The number of carbonyl (C=O) groups excluding carboxylic acids is 1. The van der Waals surface area contributed by atoms with E-state index < -0.39 is 10.0 Å². The van der Waals surface area contributed by atoms with Gasteiger partial charge in [-0.05, 0) is 18.6 Å². The Hall–Kier alpha value is -1.31. The normalized spacial score (nSPS) is 16.2. The molecule has 0 saturated carbocycles. The second-order valence-electron chi connectivity index (χ2n) is 5.75. The smallest absolute Gasteiger partial charge is 0.220 e. The van der Waals surface area contributed by atoms with Crippen LogP contribution in [0.15, 0.2) is 24.3 Å². The molecule has 1 saturated heterocycles. The number of anilines is 1. The number of sulfonamides is 1. The second kappa shape index (κ2) is 8.69. The van der Waals surface area contributed by atoms with E-state index in [0.29, 0.717) is 37.6 Å². The molecule has 0 bridgehead atoms. The summed E-state index contributed by atoms with van der Waals surface area (Å²) in [6.45, 7) is 4.13. The lowest BCUT2D eigenvalue weighted by Crippen LogP contribution is -2.50. The minimum Gasteiger partial charge on any atom is -0.368 e. The number of para-hydroxylation sites is 1. The number of nitrogens with one attached hydrogen (secondary N) is 1. The maximum absolute atomic E-state index is 12.4. The van der Waals surface area contributed by atoms with Crippen molar-refractivity contribution in [2.45, 2.75) is 19.8 Å². The quantitative estimate of drug-likeness (QED) is 0.789. The first-order valence-corrected chi connectivity index (χ1v) is 10.2. The fourth-order valence-electron chi connectivity index (χ4n) is 2.68. The van der Waals surface area contributed by atoms with Gasteiger partial charge in [-0.25, -0.2) is 8.42 Å². The van der Waals surface area contributed by atoms with Gasteiger partial charge in [0.05, 0.1) is 16.5 Å². The summed E-state index contributed by atoms with van der Waals surface area (Å²) in [6.07, 6.45) is 1.18. The minimum absolute atomic E-state index is 0.0610. The summed E-state index contributed by atoms with van der Waals surface area (Å²) in [5.74, 6) is -0.162. The molecule has 0 atom stereocenters. The highest BCUT2D eigenvalue weighted by Gasteiger charge is 2.27. The number of rotatable bonds is 7. The first-order valence-electron chi connectivity index (χ1n) is 8.18. The number of piperazine rings is 1. The summed E-state index contributed by atoms with van der Waals surface area (Å²) in [5, 5.41) is 3.32. The maximum atomic E-state index is 12.4. The first kappa shape index (κ1) is 19.0. The van der Waals surface area contributed by atoms with Crippen LogP contribution in [0.4, 0.5) is 5.69 Å². The van der Waals surface area contributed by atoms with Crippen LogP contribution in [0.2, 0.25) is 5.02 Å². The van der Waals surface area contributed by atoms with Crippen LogP contribution >= 0.6 is 11.6 Å². The van der Waals surface area contributed by atoms with Crippen molar-refractivity contribution >= 4 is 33.2 Å². The van der Waals surface area contributed by atoms with Crippen LogP contribution in [0.1, 0.15) is 19.8 Å². The zero-order valence-corrected chi connectivity index (χ0v) is 15.4. The summed E-state index contributed by atoms with van der Waals surface area (Å²) in [7, 11) is -3.35. The Kier molecular flexibility index (Phi) is 6.89. The molecule has 134 valence electrons. The van der Waals surface area contributed by atoms with Gasteiger partial charge in [-0.1, -0.05) is 30.7 Å². The zero-order chi connectivity index (χ0) is 17.6. The molecule has 1 heterocycles. The van der Waals surface area contributed by atoms with Gasteiger partial charge in [-0.15, -0.1) is 0 Å². The van der Waals surface area contributed by atoms with Crippen LogP contribution < -0.4 is 10.2 Å². The van der Waals surface area contributed by atoms with Crippen molar-refractivity contribution in [2.75, 3.05) is 43.4 Å². The van der Waals surface area contributed by atoms with E-state index in [1.165, 1.54) is 4.31 Å². The van der Waals surface area contributed by atoms with Gasteiger partial charge < -0.3 is 10.2 Å². The molecule has 1 aliphatic heterocycles. The lowest BCUT2D eigenvalue weighted by molar-refractivity contribution is -0.120. The van der Waals surface area contributed by atoms with Crippen molar-refractivity contribution in [3.05, 3.63) is 29.3 Å². The van der Waals surface area contributed by atoms with Crippen molar-refractivity contribution < 1.29 is 13.2 Å². The van der Waals surface area contributed by atoms with Crippen LogP contribution in [0.3, 0.4) is 0 Å². The number of hydrogen-bond donors (Lipinski definition) is 1. The lowest BCUT2D eigenvalue weighted by Gasteiger charge is -2.35. The van der Waals surface area contributed by atoms with Crippen LogP contribution in [0.5, 0.6) is 0 Å². The molecule has 0 aliphatic carbocycles. The van der Waals surface area contributed by atoms with Gasteiger partial charge in [0.15, 0.2) is 0 Å². The van der Waals surface area contributed by atoms with Gasteiger partial charge >= 0.3 is 0 Å². The summed E-state index contributed by atoms with van der Waals surface area (Å²) < 4.78 is 26.2. The Bertz CT molecular complexity index is 658. The Morgan fingerprint density at radius 3 is 2.50 bits per heavy atom.